The van der Waals surface area contributed by atoms with Crippen molar-refractivity contribution < 1.29 is 13.2 Å². The second-order valence-electron chi connectivity index (χ2n) is 7.24. The molecule has 150 valence electrons. The van der Waals surface area contributed by atoms with E-state index >= 15 is 0 Å². The van der Waals surface area contributed by atoms with Gasteiger partial charge in [-0.2, -0.15) is 0 Å². The summed E-state index contributed by atoms with van der Waals surface area (Å²) in [7, 11) is -1.57. The van der Waals surface area contributed by atoms with Gasteiger partial charge in [0.2, 0.25) is 15.9 Å². The highest BCUT2D eigenvalue weighted by atomic mass is 79.9. The quantitative estimate of drug-likeness (QED) is 0.655. The predicted octanol–water partition coefficient (Wildman–Crippen LogP) is 3.65. The summed E-state index contributed by atoms with van der Waals surface area (Å²) in [6, 6.07) is 17.2. The van der Waals surface area contributed by atoms with E-state index in [9.17, 15) is 13.2 Å². The first-order valence-electron chi connectivity index (χ1n) is 9.36. The van der Waals surface area contributed by atoms with Crippen LogP contribution in [0, 0.1) is 5.92 Å². The minimum atomic E-state index is -3.38. The Balaban J connectivity index is 1.55. The van der Waals surface area contributed by atoms with Crippen LogP contribution in [-0.4, -0.2) is 43.7 Å². The van der Waals surface area contributed by atoms with Crippen molar-refractivity contribution >= 4 is 31.9 Å². The lowest BCUT2D eigenvalue weighted by Gasteiger charge is -2.32. The Hall–Kier alpha value is -1.70. The Bertz CT molecular complexity index is 910. The molecule has 0 saturated carbocycles. The van der Waals surface area contributed by atoms with Crippen LogP contribution in [0.25, 0.3) is 0 Å². The van der Waals surface area contributed by atoms with Crippen LogP contribution in [0.4, 0.5) is 0 Å². The second-order valence-corrected chi connectivity index (χ2v) is 10.1. The lowest BCUT2D eigenvalue weighted by atomic mass is 9.96. The summed E-state index contributed by atoms with van der Waals surface area (Å²) < 4.78 is 27.9. The topological polar surface area (TPSA) is 57.7 Å². The van der Waals surface area contributed by atoms with Gasteiger partial charge in [0.25, 0.3) is 0 Å². The lowest BCUT2D eigenvalue weighted by molar-refractivity contribution is -0.135. The van der Waals surface area contributed by atoms with E-state index in [0.717, 1.165) is 15.6 Å². The molecule has 0 N–H and O–H groups in total. The van der Waals surface area contributed by atoms with Gasteiger partial charge in [0.05, 0.1) is 5.75 Å². The molecule has 0 atom stereocenters. The molecule has 3 rings (SSSR count). The van der Waals surface area contributed by atoms with E-state index in [2.05, 4.69) is 15.9 Å². The van der Waals surface area contributed by atoms with E-state index in [1.54, 1.807) is 4.90 Å². The van der Waals surface area contributed by atoms with Crippen LogP contribution < -0.4 is 0 Å². The minimum Gasteiger partial charge on any atom is -0.341 e. The summed E-state index contributed by atoms with van der Waals surface area (Å²) >= 11 is 3.38. The van der Waals surface area contributed by atoms with Crippen LogP contribution in [0.2, 0.25) is 0 Å². The van der Waals surface area contributed by atoms with Crippen molar-refractivity contribution in [2.45, 2.75) is 25.1 Å². The van der Waals surface area contributed by atoms with Crippen LogP contribution in [-0.2, 0) is 27.1 Å². The first-order valence-corrected chi connectivity index (χ1v) is 11.8. The molecule has 7 heteroatoms. The zero-order valence-electron chi connectivity index (χ0n) is 15.9. The van der Waals surface area contributed by atoms with Gasteiger partial charge in [0.1, 0.15) is 0 Å². The minimum absolute atomic E-state index is 0.0149. The van der Waals surface area contributed by atoms with Crippen LogP contribution in [0.15, 0.2) is 59.1 Å². The molecule has 0 unspecified atom stereocenters. The van der Waals surface area contributed by atoms with Gasteiger partial charge in [-0.3, -0.25) is 4.79 Å². The Morgan fingerprint density at radius 2 is 1.71 bits per heavy atom. The highest BCUT2D eigenvalue weighted by Gasteiger charge is 2.32. The Labute approximate surface area is 175 Å². The second kappa shape index (κ2) is 9.20. The van der Waals surface area contributed by atoms with Crippen molar-refractivity contribution in [2.24, 2.45) is 5.92 Å². The van der Waals surface area contributed by atoms with Gasteiger partial charge in [-0.1, -0.05) is 58.4 Å². The molecule has 2 aromatic carbocycles. The number of rotatable bonds is 6. The monoisotopic (exact) mass is 464 g/mol. The number of carbonyl (C=O) groups is 1. The number of sulfonamides is 1. The molecule has 1 fully saturated rings. The molecular weight excluding hydrogens is 440 g/mol. The highest BCUT2D eigenvalue weighted by Crippen LogP contribution is 2.24. The molecule has 1 heterocycles. The third-order valence-electron chi connectivity index (χ3n) is 5.07. The molecule has 1 aliphatic heterocycles. The number of amides is 1. The number of nitrogens with zero attached hydrogens (tertiary/aromatic N) is 2. The molecule has 0 radical (unpaired) electrons. The number of benzene rings is 2. The van der Waals surface area contributed by atoms with Gasteiger partial charge >= 0.3 is 0 Å². The summed E-state index contributed by atoms with van der Waals surface area (Å²) in [6.45, 7) is 1.36. The average molecular weight is 465 g/mol. The number of piperidine rings is 1. The summed E-state index contributed by atoms with van der Waals surface area (Å²) in [5.41, 5.74) is 1.85. The van der Waals surface area contributed by atoms with E-state index in [1.807, 2.05) is 61.6 Å². The molecule has 28 heavy (non-hydrogen) atoms. The zero-order chi connectivity index (χ0) is 20.1. The first kappa shape index (κ1) is 21.0. The molecule has 1 saturated heterocycles. The molecule has 0 bridgehead atoms. The molecule has 1 aliphatic rings. The van der Waals surface area contributed by atoms with Crippen molar-refractivity contribution in [3.63, 3.8) is 0 Å². The SMILES string of the molecule is CN(Cc1ccccc1)C(=O)C1CCN(S(=O)(=O)Cc2cccc(Br)c2)CC1. The van der Waals surface area contributed by atoms with Crippen LogP contribution in [0.5, 0.6) is 0 Å². The Morgan fingerprint density at radius 3 is 2.36 bits per heavy atom. The number of carbonyl (C=O) groups excluding carboxylic acids is 1. The lowest BCUT2D eigenvalue weighted by Crippen LogP contribution is -2.43. The van der Waals surface area contributed by atoms with E-state index in [1.165, 1.54) is 4.31 Å². The van der Waals surface area contributed by atoms with Crippen LogP contribution in [0.1, 0.15) is 24.0 Å². The summed E-state index contributed by atoms with van der Waals surface area (Å²) in [4.78, 5) is 14.5. The molecular formula is C21H25BrN2O3S. The van der Waals surface area contributed by atoms with Gasteiger partial charge in [0, 0.05) is 37.1 Å². The van der Waals surface area contributed by atoms with Crippen LogP contribution in [0.3, 0.4) is 0 Å². The maximum Gasteiger partial charge on any atom is 0.225 e. The predicted molar refractivity (Wildman–Crippen MR) is 114 cm³/mol. The summed E-state index contributed by atoms with van der Waals surface area (Å²) in [5, 5.41) is 0. The Kier molecular flexibility index (Phi) is 6.91. The van der Waals surface area contributed by atoms with Crippen LogP contribution >= 0.6 is 15.9 Å². The Morgan fingerprint density at radius 1 is 1.07 bits per heavy atom. The van der Waals surface area contributed by atoms with Gasteiger partial charge in [-0.15, -0.1) is 0 Å². The fraction of sp³-hybridized carbons (Fsp3) is 0.381. The summed E-state index contributed by atoms with van der Waals surface area (Å²) in [5.74, 6) is -0.0437. The molecule has 2 aromatic rings. The largest absolute Gasteiger partial charge is 0.341 e. The van der Waals surface area contributed by atoms with Gasteiger partial charge in [0.15, 0.2) is 0 Å². The number of hydrogen-bond acceptors (Lipinski definition) is 3. The van der Waals surface area contributed by atoms with Gasteiger partial charge in [-0.25, -0.2) is 12.7 Å². The fourth-order valence-electron chi connectivity index (χ4n) is 3.56. The van der Waals surface area contributed by atoms with E-state index in [-0.39, 0.29) is 17.6 Å². The van der Waals surface area contributed by atoms with Crippen molar-refractivity contribution in [1.82, 2.24) is 9.21 Å². The molecule has 0 aromatic heterocycles. The van der Waals surface area contributed by atoms with Crippen molar-refractivity contribution in [2.75, 3.05) is 20.1 Å². The van der Waals surface area contributed by atoms with Crippen molar-refractivity contribution in [3.05, 3.63) is 70.2 Å². The number of halogens is 1. The number of hydrogen-bond donors (Lipinski definition) is 0. The normalized spacial score (nSPS) is 16.1. The summed E-state index contributed by atoms with van der Waals surface area (Å²) in [6.07, 6.45) is 1.13. The maximum absolute atomic E-state index is 12.7. The zero-order valence-corrected chi connectivity index (χ0v) is 18.3. The average Bonchev–Trinajstić information content (AvgIpc) is 2.68. The third-order valence-corrected chi connectivity index (χ3v) is 7.42. The van der Waals surface area contributed by atoms with E-state index in [0.29, 0.717) is 32.5 Å². The smallest absolute Gasteiger partial charge is 0.225 e. The van der Waals surface area contributed by atoms with E-state index < -0.39 is 10.0 Å². The maximum atomic E-state index is 12.7. The molecule has 1 amide bonds. The van der Waals surface area contributed by atoms with Gasteiger partial charge < -0.3 is 4.90 Å². The molecule has 0 spiro atoms. The highest BCUT2D eigenvalue weighted by molar-refractivity contribution is 9.10. The van der Waals surface area contributed by atoms with Gasteiger partial charge in [-0.05, 0) is 36.1 Å². The molecule has 0 aliphatic carbocycles. The first-order chi connectivity index (χ1) is 13.3. The fourth-order valence-corrected chi connectivity index (χ4v) is 5.55. The third kappa shape index (κ3) is 5.43. The standard InChI is InChI=1S/C21H25BrN2O3S/c1-23(15-17-6-3-2-4-7-17)21(25)19-10-12-24(13-11-19)28(26,27)16-18-8-5-9-20(22)14-18/h2-9,14,19H,10-13,15-16H2,1H3. The van der Waals surface area contributed by atoms with E-state index in [4.69, 9.17) is 0 Å². The van der Waals surface area contributed by atoms with Crippen molar-refractivity contribution in [3.8, 4) is 0 Å². The molecule has 5 nitrogen and oxygen atoms in total. The van der Waals surface area contributed by atoms with Crippen molar-refractivity contribution in [1.29, 1.82) is 0 Å².